The first kappa shape index (κ1) is 17.2. The molecular weight excluding hydrogens is 258 g/mol. The first-order valence-corrected chi connectivity index (χ1v) is 7.41. The van der Waals surface area contributed by atoms with Gasteiger partial charge in [0.05, 0.1) is 6.61 Å². The van der Waals surface area contributed by atoms with E-state index in [9.17, 15) is 9.90 Å². The molecule has 1 rings (SSSR count). The predicted molar refractivity (Wildman–Crippen MR) is 78.7 cm³/mol. The molecule has 1 fully saturated rings. The van der Waals surface area contributed by atoms with Gasteiger partial charge in [-0.25, -0.2) is 4.79 Å². The number of carbonyl (C=O) groups excluding carboxylic acids is 1. The van der Waals surface area contributed by atoms with E-state index in [0.717, 1.165) is 26.1 Å². The van der Waals surface area contributed by atoms with Gasteiger partial charge < -0.3 is 25.0 Å². The van der Waals surface area contributed by atoms with E-state index in [2.05, 4.69) is 17.3 Å². The van der Waals surface area contributed by atoms with E-state index in [1.807, 2.05) is 11.8 Å². The van der Waals surface area contributed by atoms with Crippen molar-refractivity contribution in [3.8, 4) is 0 Å². The molecule has 0 spiro atoms. The highest BCUT2D eigenvalue weighted by Gasteiger charge is 2.29. The quantitative estimate of drug-likeness (QED) is 0.703. The molecule has 2 atom stereocenters. The zero-order valence-electron chi connectivity index (χ0n) is 13.0. The maximum atomic E-state index is 12.0. The number of hydrogen-bond donors (Lipinski definition) is 2. The molecule has 1 aliphatic heterocycles. The number of carbonyl (C=O) groups is 1. The van der Waals surface area contributed by atoms with E-state index in [4.69, 9.17) is 4.74 Å². The van der Waals surface area contributed by atoms with Crippen molar-refractivity contribution in [1.82, 2.24) is 15.1 Å². The highest BCUT2D eigenvalue weighted by molar-refractivity contribution is 5.74. The van der Waals surface area contributed by atoms with Crippen LogP contribution in [0.4, 0.5) is 4.79 Å². The number of piperidine rings is 1. The Kier molecular flexibility index (Phi) is 7.87. The zero-order chi connectivity index (χ0) is 15.0. The fraction of sp³-hybridized carbons (Fsp3) is 0.929. The third-order valence-corrected chi connectivity index (χ3v) is 3.74. The minimum absolute atomic E-state index is 0.0183. The van der Waals surface area contributed by atoms with E-state index in [0.29, 0.717) is 25.6 Å². The summed E-state index contributed by atoms with van der Waals surface area (Å²) in [7, 11) is 3.77. The second-order valence-corrected chi connectivity index (χ2v) is 5.65. The Morgan fingerprint density at radius 3 is 2.75 bits per heavy atom. The van der Waals surface area contributed by atoms with Crippen molar-refractivity contribution in [3.05, 3.63) is 0 Å². The van der Waals surface area contributed by atoms with Crippen molar-refractivity contribution >= 4 is 6.03 Å². The minimum atomic E-state index is -0.0183. The second kappa shape index (κ2) is 9.15. The van der Waals surface area contributed by atoms with Crippen LogP contribution < -0.4 is 5.32 Å². The van der Waals surface area contributed by atoms with Gasteiger partial charge in [0, 0.05) is 52.4 Å². The Morgan fingerprint density at radius 2 is 2.15 bits per heavy atom. The minimum Gasteiger partial charge on any atom is -0.396 e. The van der Waals surface area contributed by atoms with Crippen molar-refractivity contribution < 1.29 is 14.6 Å². The van der Waals surface area contributed by atoms with Crippen LogP contribution in [-0.2, 0) is 4.74 Å². The largest absolute Gasteiger partial charge is 0.396 e. The average Bonchev–Trinajstić information content (AvgIpc) is 2.44. The lowest BCUT2D eigenvalue weighted by atomic mass is 9.89. The Labute approximate surface area is 122 Å². The summed E-state index contributed by atoms with van der Waals surface area (Å²) in [5.74, 6) is 0.595. The molecule has 0 aromatic carbocycles. The summed E-state index contributed by atoms with van der Waals surface area (Å²) < 4.78 is 5.08. The molecule has 6 nitrogen and oxygen atoms in total. The van der Waals surface area contributed by atoms with Crippen LogP contribution >= 0.6 is 0 Å². The molecule has 0 aliphatic carbocycles. The summed E-state index contributed by atoms with van der Waals surface area (Å²) in [6.07, 6.45) is 0.976. The zero-order valence-corrected chi connectivity index (χ0v) is 13.0. The third-order valence-electron chi connectivity index (χ3n) is 3.74. The van der Waals surface area contributed by atoms with Crippen LogP contribution in [0.25, 0.3) is 0 Å². The van der Waals surface area contributed by atoms with Crippen LogP contribution in [-0.4, -0.2) is 81.0 Å². The first-order valence-electron chi connectivity index (χ1n) is 7.41. The molecule has 2 N–H and O–H groups in total. The van der Waals surface area contributed by atoms with E-state index < -0.39 is 0 Å². The Hall–Kier alpha value is -0.850. The topological polar surface area (TPSA) is 65.0 Å². The van der Waals surface area contributed by atoms with Gasteiger partial charge in [-0.3, -0.25) is 0 Å². The van der Waals surface area contributed by atoms with Crippen molar-refractivity contribution in [2.24, 2.45) is 11.8 Å². The van der Waals surface area contributed by atoms with Crippen molar-refractivity contribution in [3.63, 3.8) is 0 Å². The normalized spacial score (nSPS) is 23.1. The van der Waals surface area contributed by atoms with Gasteiger partial charge in [0.15, 0.2) is 0 Å². The molecule has 0 saturated carbocycles. The molecule has 118 valence electrons. The number of methoxy groups -OCH3 is 1. The molecule has 2 amide bonds. The highest BCUT2D eigenvalue weighted by atomic mass is 16.5. The van der Waals surface area contributed by atoms with Crippen LogP contribution in [0.2, 0.25) is 0 Å². The fourth-order valence-corrected chi connectivity index (χ4v) is 2.79. The lowest BCUT2D eigenvalue weighted by molar-refractivity contribution is 0.0799. The molecule has 6 heteroatoms. The number of urea groups is 1. The van der Waals surface area contributed by atoms with Crippen molar-refractivity contribution in [1.29, 1.82) is 0 Å². The smallest absolute Gasteiger partial charge is 0.317 e. The van der Waals surface area contributed by atoms with E-state index in [1.54, 1.807) is 7.11 Å². The van der Waals surface area contributed by atoms with Crippen LogP contribution in [0.15, 0.2) is 0 Å². The molecule has 0 aromatic rings. The highest BCUT2D eigenvalue weighted by Crippen LogP contribution is 2.22. The number of rotatable bonds is 7. The number of nitrogens with zero attached hydrogens (tertiary/aromatic N) is 2. The van der Waals surface area contributed by atoms with Crippen LogP contribution in [0, 0.1) is 11.8 Å². The van der Waals surface area contributed by atoms with E-state index in [-0.39, 0.29) is 18.6 Å². The van der Waals surface area contributed by atoms with E-state index in [1.165, 1.54) is 0 Å². The second-order valence-electron chi connectivity index (χ2n) is 5.65. The van der Waals surface area contributed by atoms with Gasteiger partial charge in [-0.1, -0.05) is 0 Å². The van der Waals surface area contributed by atoms with Crippen molar-refractivity contribution in [2.75, 3.05) is 60.1 Å². The van der Waals surface area contributed by atoms with Gasteiger partial charge in [0.2, 0.25) is 0 Å². The number of aliphatic hydroxyl groups excluding tert-OH is 1. The number of hydrogen-bond acceptors (Lipinski definition) is 4. The van der Waals surface area contributed by atoms with Gasteiger partial charge in [-0.2, -0.15) is 0 Å². The summed E-state index contributed by atoms with van der Waals surface area (Å²) in [4.78, 5) is 16.0. The van der Waals surface area contributed by atoms with E-state index >= 15 is 0 Å². The number of nitrogens with one attached hydrogen (secondary N) is 1. The van der Waals surface area contributed by atoms with Gasteiger partial charge in [-0.15, -0.1) is 0 Å². The Balaban J connectivity index is 2.50. The maximum absolute atomic E-state index is 12.0. The predicted octanol–water partition coefficient (Wildman–Crippen LogP) is 0.225. The summed E-state index contributed by atoms with van der Waals surface area (Å²) in [6.45, 7) is 6.65. The summed E-state index contributed by atoms with van der Waals surface area (Å²) in [5.41, 5.74) is 0. The summed E-state index contributed by atoms with van der Waals surface area (Å²) in [6, 6.07) is -0.0183. The van der Waals surface area contributed by atoms with Gasteiger partial charge in [0.25, 0.3) is 0 Å². The number of likely N-dealkylation sites (N-methyl/N-ethyl adjacent to an activating group) is 1. The molecule has 1 aliphatic rings. The number of ether oxygens (including phenoxy) is 1. The van der Waals surface area contributed by atoms with Crippen LogP contribution in [0.5, 0.6) is 0 Å². The third kappa shape index (κ3) is 5.64. The number of likely N-dealkylation sites (tertiary alicyclic amines) is 1. The summed E-state index contributed by atoms with van der Waals surface area (Å²) >= 11 is 0. The van der Waals surface area contributed by atoms with Crippen LogP contribution in [0.3, 0.4) is 0 Å². The Morgan fingerprint density at radius 1 is 1.45 bits per heavy atom. The molecule has 20 heavy (non-hydrogen) atoms. The van der Waals surface area contributed by atoms with Gasteiger partial charge in [-0.05, 0) is 26.3 Å². The number of aliphatic hydroxyl groups is 1. The molecule has 0 unspecified atom stereocenters. The molecule has 0 radical (unpaired) electrons. The Bertz CT molecular complexity index is 289. The van der Waals surface area contributed by atoms with Gasteiger partial charge in [0.1, 0.15) is 0 Å². The average molecular weight is 287 g/mol. The van der Waals surface area contributed by atoms with Crippen molar-refractivity contribution in [2.45, 2.75) is 13.3 Å². The molecule has 0 aromatic heterocycles. The molecule has 1 saturated heterocycles. The first-order chi connectivity index (χ1) is 9.60. The lowest BCUT2D eigenvalue weighted by Gasteiger charge is -2.38. The molecular formula is C14H29N3O3. The maximum Gasteiger partial charge on any atom is 0.317 e. The number of amides is 2. The molecule has 1 heterocycles. The fourth-order valence-electron chi connectivity index (χ4n) is 2.79. The SMILES string of the molecule is CCNC(=O)N1C[C@H](CO)C[C@@H](CN(C)CCOC)C1. The van der Waals surface area contributed by atoms with Gasteiger partial charge >= 0.3 is 6.03 Å². The standard InChI is InChI=1S/C14H29N3O3/c1-4-15-14(19)17-9-12(7-13(10-17)11-18)8-16(2)5-6-20-3/h12-13,18H,4-11H2,1-3H3,(H,15,19)/t12-,13+/m0/s1. The van der Waals surface area contributed by atoms with Crippen LogP contribution in [0.1, 0.15) is 13.3 Å². The monoisotopic (exact) mass is 287 g/mol. The lowest BCUT2D eigenvalue weighted by Crippen LogP contribution is -2.51. The molecule has 0 bridgehead atoms. The summed E-state index contributed by atoms with van der Waals surface area (Å²) in [5, 5.41) is 12.3.